The number of hydrogen-bond donors (Lipinski definition) is 0. The minimum absolute atomic E-state index is 0.649. The minimum atomic E-state index is -2.74. The fraction of sp³-hybridized carbons (Fsp3) is 0.0667. The fourth-order valence-electron chi connectivity index (χ4n) is 1.83. The molecule has 0 aromatic heterocycles. The zero-order valence-electron chi connectivity index (χ0n) is 10.2. The lowest BCUT2D eigenvalue weighted by molar-refractivity contribution is 0.592. The summed E-state index contributed by atoms with van der Waals surface area (Å²) in [6.07, 6.45) is 0. The summed E-state index contributed by atoms with van der Waals surface area (Å²) in [6.45, 7) is 0. The monoisotopic (exact) mass is 398 g/mol. The molecule has 19 heavy (non-hydrogen) atoms. The highest BCUT2D eigenvalue weighted by Gasteiger charge is 2.24. The summed E-state index contributed by atoms with van der Waals surface area (Å²) < 4.78 is 14.4. The van der Waals surface area contributed by atoms with Gasteiger partial charge < -0.3 is 4.57 Å². The van der Waals surface area contributed by atoms with E-state index in [1.165, 1.54) is 0 Å². The Kier molecular flexibility index (Phi) is 5.20. The van der Waals surface area contributed by atoms with Crippen LogP contribution in [0.15, 0.2) is 71.0 Å². The normalized spacial score (nSPS) is 12.4. The Balaban J connectivity index is 2.61. The van der Waals surface area contributed by atoms with Crippen molar-refractivity contribution in [1.82, 2.24) is 0 Å². The first-order chi connectivity index (χ1) is 9.16. The highest BCUT2D eigenvalue weighted by molar-refractivity contribution is 9.13. The average Bonchev–Trinajstić information content (AvgIpc) is 2.48. The first-order valence-electron chi connectivity index (χ1n) is 5.81. The Bertz CT molecular complexity index is 565. The summed E-state index contributed by atoms with van der Waals surface area (Å²) in [4.78, 5) is 0. The second-order valence-corrected chi connectivity index (χ2v) is 8.22. The van der Waals surface area contributed by atoms with Gasteiger partial charge in [0, 0.05) is 20.4 Å². The highest BCUT2D eigenvalue weighted by atomic mass is 79.9. The van der Waals surface area contributed by atoms with Crippen molar-refractivity contribution < 1.29 is 4.57 Å². The molecule has 0 unspecified atom stereocenters. The predicted octanol–water partition coefficient (Wildman–Crippen LogP) is 4.63. The number of allylic oxidation sites excluding steroid dienone is 1. The molecule has 2 aromatic rings. The van der Waals surface area contributed by atoms with Crippen molar-refractivity contribution in [1.29, 1.82) is 0 Å². The van der Waals surface area contributed by atoms with E-state index in [1.807, 2.05) is 66.5 Å². The topological polar surface area (TPSA) is 17.1 Å². The minimum Gasteiger partial charge on any atom is -0.309 e. The molecule has 0 bridgehead atoms. The van der Waals surface area contributed by atoms with E-state index in [9.17, 15) is 4.57 Å². The van der Waals surface area contributed by atoms with Crippen LogP contribution in [0.3, 0.4) is 0 Å². The lowest BCUT2D eigenvalue weighted by atomic mass is 10.4. The van der Waals surface area contributed by atoms with Gasteiger partial charge in [0.25, 0.3) is 0 Å². The molecular formula is C15H13Br2OP. The lowest BCUT2D eigenvalue weighted by Crippen LogP contribution is -2.14. The van der Waals surface area contributed by atoms with Crippen LogP contribution in [-0.2, 0) is 4.57 Å². The molecule has 1 nitrogen and oxygen atoms in total. The van der Waals surface area contributed by atoms with Crippen molar-refractivity contribution in [3.05, 3.63) is 71.0 Å². The zero-order valence-corrected chi connectivity index (χ0v) is 14.2. The molecule has 0 saturated heterocycles. The third-order valence-corrected chi connectivity index (χ3v) is 7.75. The van der Waals surface area contributed by atoms with Gasteiger partial charge in [-0.15, -0.1) is 0 Å². The van der Waals surface area contributed by atoms with E-state index in [-0.39, 0.29) is 0 Å². The van der Waals surface area contributed by atoms with Gasteiger partial charge in [-0.05, 0) is 5.82 Å². The molecule has 4 heteroatoms. The quantitative estimate of drug-likeness (QED) is 0.541. The maximum atomic E-state index is 13.5. The van der Waals surface area contributed by atoms with E-state index >= 15 is 0 Å². The molecule has 0 saturated carbocycles. The van der Waals surface area contributed by atoms with Gasteiger partial charge >= 0.3 is 0 Å². The zero-order chi connectivity index (χ0) is 13.7. The van der Waals surface area contributed by atoms with Crippen molar-refractivity contribution in [2.24, 2.45) is 0 Å². The van der Waals surface area contributed by atoms with E-state index < -0.39 is 7.14 Å². The summed E-state index contributed by atoms with van der Waals surface area (Å²) in [6, 6.07) is 19.2. The first kappa shape index (κ1) is 14.8. The van der Waals surface area contributed by atoms with E-state index in [2.05, 4.69) is 31.9 Å². The number of halogens is 2. The standard InChI is InChI=1S/C15H13Br2OP/c16-11-13(17)12-19(18,14-7-3-1-4-8-14)15-9-5-2-6-10-15/h1-10,12H,11H2/b13-12+. The molecule has 0 radical (unpaired) electrons. The number of alkyl halides is 1. The third-order valence-electron chi connectivity index (χ3n) is 2.73. The molecule has 0 fully saturated rings. The van der Waals surface area contributed by atoms with Crippen molar-refractivity contribution in [2.75, 3.05) is 5.33 Å². The average molecular weight is 400 g/mol. The molecule has 98 valence electrons. The molecule has 2 aromatic carbocycles. The maximum absolute atomic E-state index is 13.5. The van der Waals surface area contributed by atoms with Crippen LogP contribution in [0.25, 0.3) is 0 Å². The van der Waals surface area contributed by atoms with Gasteiger partial charge in [-0.3, -0.25) is 0 Å². The van der Waals surface area contributed by atoms with Crippen molar-refractivity contribution in [2.45, 2.75) is 0 Å². The van der Waals surface area contributed by atoms with Gasteiger partial charge in [0.05, 0.1) is 0 Å². The van der Waals surface area contributed by atoms with E-state index in [0.717, 1.165) is 15.1 Å². The molecule has 0 aliphatic rings. The van der Waals surface area contributed by atoms with Crippen molar-refractivity contribution >= 4 is 49.6 Å². The maximum Gasteiger partial charge on any atom is 0.164 e. The van der Waals surface area contributed by atoms with Crippen molar-refractivity contribution in [3.8, 4) is 0 Å². The SMILES string of the molecule is O=P(/C=C(/Br)CBr)(c1ccccc1)c1ccccc1. The van der Waals surface area contributed by atoms with Gasteiger partial charge in [-0.25, -0.2) is 0 Å². The highest BCUT2D eigenvalue weighted by Crippen LogP contribution is 2.46. The van der Waals surface area contributed by atoms with Gasteiger partial charge in [-0.1, -0.05) is 92.5 Å². The second-order valence-electron chi connectivity index (χ2n) is 4.04. The van der Waals surface area contributed by atoms with Crippen LogP contribution in [0.1, 0.15) is 0 Å². The van der Waals surface area contributed by atoms with E-state index in [1.54, 1.807) is 0 Å². The molecule has 0 N–H and O–H groups in total. The van der Waals surface area contributed by atoms with Crippen LogP contribution in [0, 0.1) is 0 Å². The van der Waals surface area contributed by atoms with E-state index in [4.69, 9.17) is 0 Å². The molecule has 0 aliphatic carbocycles. The fourth-order valence-corrected chi connectivity index (χ4v) is 5.42. The predicted molar refractivity (Wildman–Crippen MR) is 90.6 cm³/mol. The Morgan fingerprint density at radius 2 is 1.37 bits per heavy atom. The summed E-state index contributed by atoms with van der Waals surface area (Å²) in [5, 5.41) is 2.34. The Labute approximate surface area is 130 Å². The smallest absolute Gasteiger partial charge is 0.164 e. The Morgan fingerprint density at radius 3 is 1.74 bits per heavy atom. The van der Waals surface area contributed by atoms with Gasteiger partial charge in [0.2, 0.25) is 0 Å². The lowest BCUT2D eigenvalue weighted by Gasteiger charge is -2.16. The molecule has 0 amide bonds. The Hall–Kier alpha value is -0.630. The second kappa shape index (κ2) is 6.69. The van der Waals surface area contributed by atoms with Crippen LogP contribution in [0.5, 0.6) is 0 Å². The van der Waals surface area contributed by atoms with Crippen LogP contribution in [0.4, 0.5) is 0 Å². The summed E-state index contributed by atoms with van der Waals surface area (Å²) in [5.74, 6) is 1.83. The van der Waals surface area contributed by atoms with Gasteiger partial charge in [0.1, 0.15) is 0 Å². The molecule has 0 heterocycles. The molecule has 0 aliphatic heterocycles. The third kappa shape index (κ3) is 3.47. The molecule has 0 spiro atoms. The van der Waals surface area contributed by atoms with Crippen LogP contribution in [-0.4, -0.2) is 5.33 Å². The molecule has 0 atom stereocenters. The first-order valence-corrected chi connectivity index (χ1v) is 9.50. The largest absolute Gasteiger partial charge is 0.309 e. The van der Waals surface area contributed by atoms with Crippen LogP contribution in [0.2, 0.25) is 0 Å². The number of benzene rings is 2. The number of hydrogen-bond acceptors (Lipinski definition) is 1. The Morgan fingerprint density at radius 1 is 0.947 bits per heavy atom. The number of rotatable bonds is 4. The van der Waals surface area contributed by atoms with Crippen LogP contribution < -0.4 is 10.6 Å². The van der Waals surface area contributed by atoms with Crippen molar-refractivity contribution in [3.63, 3.8) is 0 Å². The summed E-state index contributed by atoms with van der Waals surface area (Å²) in [7, 11) is -2.74. The molecular weight excluding hydrogens is 387 g/mol. The van der Waals surface area contributed by atoms with Crippen LogP contribution >= 0.6 is 39.0 Å². The van der Waals surface area contributed by atoms with Gasteiger partial charge in [0.15, 0.2) is 7.14 Å². The van der Waals surface area contributed by atoms with Gasteiger partial charge in [-0.2, -0.15) is 0 Å². The molecule has 2 rings (SSSR count). The van der Waals surface area contributed by atoms with E-state index in [0.29, 0.717) is 5.33 Å². The summed E-state index contributed by atoms with van der Waals surface area (Å²) >= 11 is 6.83. The summed E-state index contributed by atoms with van der Waals surface area (Å²) in [5.41, 5.74) is 0.